The van der Waals surface area contributed by atoms with Crippen LogP contribution in [0.25, 0.3) is 0 Å². The van der Waals surface area contributed by atoms with E-state index in [1.54, 1.807) is 24.3 Å². The Kier molecular flexibility index (Phi) is 10.2. The number of likely N-dealkylation sites (N-methyl/N-ethyl adjacent to an activating group) is 1. The minimum absolute atomic E-state index is 0.146. The molecule has 1 fully saturated rings. The number of nitrogens with zero attached hydrogens (tertiary/aromatic N) is 2. The summed E-state index contributed by atoms with van der Waals surface area (Å²) in [5.74, 6) is -0.101. The van der Waals surface area contributed by atoms with Gasteiger partial charge in [-0.3, -0.25) is 14.5 Å². The molecule has 1 aliphatic rings. The van der Waals surface area contributed by atoms with Crippen LogP contribution < -0.4 is 4.90 Å². The van der Waals surface area contributed by atoms with Gasteiger partial charge in [-0.25, -0.2) is 0 Å². The molecule has 4 rings (SSSR count). The first-order valence-electron chi connectivity index (χ1n) is 13.5. The Morgan fingerprint density at radius 1 is 0.846 bits per heavy atom. The van der Waals surface area contributed by atoms with E-state index in [0.29, 0.717) is 12.0 Å². The number of morpholine rings is 1. The molecule has 0 aromatic heterocycles. The van der Waals surface area contributed by atoms with Crippen molar-refractivity contribution < 1.29 is 19.4 Å². The summed E-state index contributed by atoms with van der Waals surface area (Å²) in [5.41, 5.74) is 2.76. The molecule has 1 saturated heterocycles. The lowest BCUT2D eigenvalue weighted by atomic mass is 9.79. The van der Waals surface area contributed by atoms with E-state index in [4.69, 9.17) is 4.74 Å². The van der Waals surface area contributed by atoms with Crippen molar-refractivity contribution in [3.63, 3.8) is 0 Å². The number of aryl methyl sites for hydroxylation is 1. The molecule has 0 bridgehead atoms. The topological polar surface area (TPSA) is 70.1 Å². The summed E-state index contributed by atoms with van der Waals surface area (Å²) in [6.45, 7) is 10.4. The fraction of sp³-hybridized carbons (Fsp3) is 0.394. The molecular formula is C33H42N2O4. The van der Waals surface area contributed by atoms with E-state index >= 15 is 0 Å². The quantitative estimate of drug-likeness (QED) is 0.387. The zero-order valence-corrected chi connectivity index (χ0v) is 24.1. The Hall–Kier alpha value is -3.32. The molecule has 1 N–H and O–H groups in total. The van der Waals surface area contributed by atoms with Crippen molar-refractivity contribution in [1.82, 2.24) is 4.90 Å². The van der Waals surface area contributed by atoms with Gasteiger partial charge in [-0.2, -0.15) is 0 Å². The van der Waals surface area contributed by atoms with Crippen LogP contribution in [0.15, 0.2) is 78.9 Å². The van der Waals surface area contributed by atoms with Crippen molar-refractivity contribution in [3.05, 3.63) is 101 Å². The third-order valence-electron chi connectivity index (χ3n) is 7.28. The lowest BCUT2D eigenvalue weighted by Crippen LogP contribution is -2.48. The number of Topliss-reactive ketones (excluding diaryl/α,β-unsaturated/α-hetero) is 2. The number of rotatable bonds is 8. The zero-order valence-electron chi connectivity index (χ0n) is 24.1. The average molecular weight is 531 g/mol. The molecule has 0 amide bonds. The van der Waals surface area contributed by atoms with Crippen LogP contribution >= 0.6 is 0 Å². The number of ketones is 2. The number of hydrogen-bond acceptors (Lipinski definition) is 6. The first kappa shape index (κ1) is 30.2. The summed E-state index contributed by atoms with van der Waals surface area (Å²) in [4.78, 5) is 29.4. The predicted molar refractivity (Wildman–Crippen MR) is 158 cm³/mol. The number of carbonyl (C=O) groups excluding carboxylic acids is 2. The molecule has 1 atom stereocenters. The highest BCUT2D eigenvalue weighted by molar-refractivity contribution is 6.04. The molecule has 1 unspecified atom stereocenters. The van der Waals surface area contributed by atoms with Gasteiger partial charge in [0.25, 0.3) is 0 Å². The Labute approximate surface area is 233 Å². The summed E-state index contributed by atoms with van der Waals surface area (Å²) in [6, 6.07) is 25.2. The molecule has 0 saturated carbocycles. The first-order chi connectivity index (χ1) is 18.5. The number of carbonyl (C=O) groups is 2. The van der Waals surface area contributed by atoms with Crippen LogP contribution in [-0.4, -0.2) is 67.6 Å². The maximum absolute atomic E-state index is 13.6. The van der Waals surface area contributed by atoms with Gasteiger partial charge < -0.3 is 14.7 Å². The largest absolute Gasteiger partial charge is 0.382 e. The Morgan fingerprint density at radius 3 is 1.87 bits per heavy atom. The van der Waals surface area contributed by atoms with Crippen LogP contribution in [0, 0.1) is 6.92 Å². The van der Waals surface area contributed by atoms with Gasteiger partial charge in [-0.15, -0.1) is 0 Å². The second-order valence-electron chi connectivity index (χ2n) is 10.7. The maximum atomic E-state index is 13.6. The van der Waals surface area contributed by atoms with E-state index in [2.05, 4.69) is 60.0 Å². The fourth-order valence-electron chi connectivity index (χ4n) is 4.93. The van der Waals surface area contributed by atoms with Crippen molar-refractivity contribution in [2.24, 2.45) is 0 Å². The van der Waals surface area contributed by atoms with Crippen LogP contribution in [0.4, 0.5) is 5.69 Å². The number of anilines is 1. The van der Waals surface area contributed by atoms with Gasteiger partial charge in [-0.1, -0.05) is 67.1 Å². The van der Waals surface area contributed by atoms with Gasteiger partial charge in [0.05, 0.1) is 13.2 Å². The van der Waals surface area contributed by atoms with Gasteiger partial charge >= 0.3 is 0 Å². The van der Waals surface area contributed by atoms with Crippen molar-refractivity contribution in [2.75, 3.05) is 45.3 Å². The van der Waals surface area contributed by atoms with E-state index in [0.717, 1.165) is 43.1 Å². The summed E-state index contributed by atoms with van der Waals surface area (Å²) in [6.07, 6.45) is 0.715. The van der Waals surface area contributed by atoms with Crippen molar-refractivity contribution >= 4 is 17.3 Å². The lowest BCUT2D eigenvalue weighted by Gasteiger charge is -2.38. The normalized spacial score (nSPS) is 15.2. The molecular weight excluding hydrogens is 488 g/mol. The predicted octanol–water partition coefficient (Wildman–Crippen LogP) is 5.52. The van der Waals surface area contributed by atoms with Crippen LogP contribution in [0.3, 0.4) is 0 Å². The monoisotopic (exact) mass is 530 g/mol. The minimum atomic E-state index is -1.28. The summed E-state index contributed by atoms with van der Waals surface area (Å²) in [5, 5.41) is 9.39. The van der Waals surface area contributed by atoms with Crippen LogP contribution in [0.2, 0.25) is 0 Å². The van der Waals surface area contributed by atoms with Gasteiger partial charge in [0.2, 0.25) is 0 Å². The Bertz CT molecular complexity index is 1210. The van der Waals surface area contributed by atoms with Gasteiger partial charge in [-0.05, 0) is 71.1 Å². The highest BCUT2D eigenvalue weighted by Crippen LogP contribution is 2.35. The highest BCUT2D eigenvalue weighted by Gasteiger charge is 2.41. The van der Waals surface area contributed by atoms with Gasteiger partial charge in [0, 0.05) is 29.9 Å². The highest BCUT2D eigenvalue weighted by atomic mass is 16.5. The molecule has 0 radical (unpaired) electrons. The maximum Gasteiger partial charge on any atom is 0.193 e. The van der Waals surface area contributed by atoms with E-state index in [1.807, 2.05) is 32.3 Å². The van der Waals surface area contributed by atoms with Crippen molar-refractivity contribution in [3.8, 4) is 0 Å². The van der Waals surface area contributed by atoms with Crippen LogP contribution in [-0.2, 0) is 10.3 Å². The molecule has 3 aromatic rings. The Balaban J connectivity index is 0.000000293. The zero-order chi connectivity index (χ0) is 28.6. The first-order valence-corrected chi connectivity index (χ1v) is 13.5. The molecule has 6 heteroatoms. The second kappa shape index (κ2) is 13.2. The minimum Gasteiger partial charge on any atom is -0.382 e. The number of ether oxygens (including phenoxy) is 1. The smallest absolute Gasteiger partial charge is 0.193 e. The molecule has 39 heavy (non-hydrogen) atoms. The SMILES string of the molecule is CC(C)(O)C(=O)c1ccccc1.CCC(C(=O)c1ccc(N2CCOCC2)cc1)(c1ccc(C)cc1)N(C)C. The summed E-state index contributed by atoms with van der Waals surface area (Å²) < 4.78 is 5.42. The van der Waals surface area contributed by atoms with Crippen LogP contribution in [0.1, 0.15) is 59.0 Å². The second-order valence-corrected chi connectivity index (χ2v) is 10.7. The van der Waals surface area contributed by atoms with E-state index in [-0.39, 0.29) is 11.6 Å². The molecule has 208 valence electrons. The van der Waals surface area contributed by atoms with E-state index in [1.165, 1.54) is 19.4 Å². The van der Waals surface area contributed by atoms with Crippen molar-refractivity contribution in [1.29, 1.82) is 0 Å². The third kappa shape index (κ3) is 7.21. The molecule has 1 aliphatic heterocycles. The van der Waals surface area contributed by atoms with Gasteiger partial charge in [0.15, 0.2) is 11.6 Å². The van der Waals surface area contributed by atoms with Crippen molar-refractivity contribution in [2.45, 2.75) is 45.3 Å². The molecule has 3 aromatic carbocycles. The summed E-state index contributed by atoms with van der Waals surface area (Å²) in [7, 11) is 3.98. The van der Waals surface area contributed by atoms with Crippen LogP contribution in [0.5, 0.6) is 0 Å². The van der Waals surface area contributed by atoms with E-state index < -0.39 is 11.1 Å². The standard InChI is InChI=1S/C23H30N2O2.C10H12O2/c1-5-23(24(3)4,20-10-6-18(2)7-11-20)22(26)19-8-12-21(13-9-19)25-14-16-27-17-15-25;1-10(2,12)9(11)8-6-4-3-5-7-8/h6-13H,5,14-17H2,1-4H3;3-7,12H,1-2H3. The fourth-order valence-corrected chi connectivity index (χ4v) is 4.93. The number of aliphatic hydroxyl groups is 1. The molecule has 0 spiro atoms. The molecule has 0 aliphatic carbocycles. The number of benzene rings is 3. The van der Waals surface area contributed by atoms with E-state index in [9.17, 15) is 14.7 Å². The molecule has 1 heterocycles. The average Bonchev–Trinajstić information content (AvgIpc) is 2.95. The van der Waals surface area contributed by atoms with Gasteiger partial charge in [0.1, 0.15) is 11.1 Å². The lowest BCUT2D eigenvalue weighted by molar-refractivity contribution is 0.0488. The molecule has 6 nitrogen and oxygen atoms in total. The Morgan fingerprint density at radius 2 is 1.38 bits per heavy atom. The number of hydrogen-bond donors (Lipinski definition) is 1. The summed E-state index contributed by atoms with van der Waals surface area (Å²) >= 11 is 0. The third-order valence-corrected chi connectivity index (χ3v) is 7.28.